The van der Waals surface area contributed by atoms with Crippen LogP contribution >= 0.6 is 15.9 Å². The van der Waals surface area contributed by atoms with E-state index in [2.05, 4.69) is 20.8 Å². The molecule has 0 radical (unpaired) electrons. The third-order valence-electron chi connectivity index (χ3n) is 3.81. The Kier molecular flexibility index (Phi) is 5.39. The van der Waals surface area contributed by atoms with Crippen LogP contribution in [0.4, 0.5) is 5.69 Å². The van der Waals surface area contributed by atoms with E-state index >= 15 is 0 Å². The maximum Gasteiger partial charge on any atom is 0.309 e. The van der Waals surface area contributed by atoms with Crippen molar-refractivity contribution >= 4 is 33.4 Å². The van der Waals surface area contributed by atoms with E-state index in [0.29, 0.717) is 12.2 Å². The zero-order chi connectivity index (χ0) is 15.4. The third kappa shape index (κ3) is 3.84. The lowest BCUT2D eigenvalue weighted by Crippen LogP contribution is -2.37. The van der Waals surface area contributed by atoms with E-state index in [4.69, 9.17) is 4.74 Å². The number of ether oxygens (including phenoxy) is 1. The van der Waals surface area contributed by atoms with E-state index in [1.807, 2.05) is 25.1 Å². The van der Waals surface area contributed by atoms with Crippen LogP contribution in [-0.4, -0.2) is 31.4 Å². The molecule has 0 saturated carbocycles. The van der Waals surface area contributed by atoms with Crippen molar-refractivity contribution in [3.63, 3.8) is 0 Å². The van der Waals surface area contributed by atoms with E-state index < -0.39 is 0 Å². The highest BCUT2D eigenvalue weighted by Crippen LogP contribution is 2.28. The predicted molar refractivity (Wildman–Crippen MR) is 85.7 cm³/mol. The van der Waals surface area contributed by atoms with Crippen LogP contribution in [0.25, 0.3) is 0 Å². The number of benzene rings is 1. The van der Waals surface area contributed by atoms with Gasteiger partial charge in [0.25, 0.3) is 0 Å². The smallest absolute Gasteiger partial charge is 0.309 e. The molecule has 1 fully saturated rings. The number of nitrogens with zero attached hydrogens (tertiary/aromatic N) is 1. The number of Topliss-reactive ketones (excluding diaryl/α,β-unsaturated/α-hetero) is 1. The van der Waals surface area contributed by atoms with Crippen LogP contribution in [0.3, 0.4) is 0 Å². The summed E-state index contributed by atoms with van der Waals surface area (Å²) in [6, 6.07) is 5.78. The van der Waals surface area contributed by atoms with Crippen molar-refractivity contribution < 1.29 is 14.3 Å². The molecular weight excluding hydrogens is 334 g/mol. The van der Waals surface area contributed by atoms with Gasteiger partial charge in [-0.25, -0.2) is 0 Å². The van der Waals surface area contributed by atoms with Crippen molar-refractivity contribution in [1.29, 1.82) is 0 Å². The van der Waals surface area contributed by atoms with Crippen molar-refractivity contribution in [3.05, 3.63) is 28.2 Å². The summed E-state index contributed by atoms with van der Waals surface area (Å²) in [6.07, 6.45) is 1.62. The first kappa shape index (κ1) is 16.0. The Hall–Kier alpha value is -1.36. The molecule has 0 spiro atoms. The van der Waals surface area contributed by atoms with Crippen molar-refractivity contribution in [1.82, 2.24) is 0 Å². The number of anilines is 1. The molecule has 0 aliphatic carbocycles. The van der Waals surface area contributed by atoms with Crippen molar-refractivity contribution in [2.75, 3.05) is 24.6 Å². The van der Waals surface area contributed by atoms with Crippen LogP contribution in [0.2, 0.25) is 0 Å². The Morgan fingerprint density at radius 1 is 1.33 bits per heavy atom. The fourth-order valence-electron chi connectivity index (χ4n) is 2.62. The highest BCUT2D eigenvalue weighted by molar-refractivity contribution is 9.10. The molecule has 1 saturated heterocycles. The first-order valence-corrected chi connectivity index (χ1v) is 8.04. The van der Waals surface area contributed by atoms with Crippen molar-refractivity contribution in [2.24, 2.45) is 5.92 Å². The molecule has 0 aromatic heterocycles. The van der Waals surface area contributed by atoms with Gasteiger partial charge in [0.15, 0.2) is 5.78 Å². The molecule has 2 rings (SSSR count). The van der Waals surface area contributed by atoms with Gasteiger partial charge >= 0.3 is 5.97 Å². The fraction of sp³-hybridized carbons (Fsp3) is 0.500. The molecule has 114 valence electrons. The number of hydrogen-bond acceptors (Lipinski definition) is 4. The maximum absolute atomic E-state index is 11.7. The monoisotopic (exact) mass is 353 g/mol. The number of carbonyl (C=O) groups excluding carboxylic acids is 2. The van der Waals surface area contributed by atoms with Gasteiger partial charge in [-0.1, -0.05) is 0 Å². The van der Waals surface area contributed by atoms with Crippen molar-refractivity contribution in [2.45, 2.75) is 26.7 Å². The summed E-state index contributed by atoms with van der Waals surface area (Å²) < 4.78 is 5.90. The summed E-state index contributed by atoms with van der Waals surface area (Å²) >= 11 is 3.45. The van der Waals surface area contributed by atoms with Crippen LogP contribution in [0.15, 0.2) is 22.7 Å². The minimum Gasteiger partial charge on any atom is -0.466 e. The Bertz CT molecular complexity index is 536. The second-order valence-corrected chi connectivity index (χ2v) is 6.09. The van der Waals surface area contributed by atoms with Gasteiger partial charge in [0, 0.05) is 28.8 Å². The van der Waals surface area contributed by atoms with Gasteiger partial charge in [-0.15, -0.1) is 0 Å². The SMILES string of the molecule is CCOC(=O)C1CCN(c2ccc(C(C)=O)c(Br)c2)CC1. The molecule has 21 heavy (non-hydrogen) atoms. The molecule has 0 atom stereocenters. The maximum atomic E-state index is 11.7. The van der Waals surface area contributed by atoms with Crippen LogP contribution in [0.1, 0.15) is 37.0 Å². The summed E-state index contributed by atoms with van der Waals surface area (Å²) in [5.41, 5.74) is 1.77. The Balaban J connectivity index is 2.01. The molecule has 1 heterocycles. The van der Waals surface area contributed by atoms with Gasteiger partial charge in [0.2, 0.25) is 0 Å². The molecule has 4 nitrogen and oxygen atoms in total. The van der Waals surface area contributed by atoms with Crippen LogP contribution in [-0.2, 0) is 9.53 Å². The van der Waals surface area contributed by atoms with Crippen LogP contribution in [0, 0.1) is 5.92 Å². The summed E-state index contributed by atoms with van der Waals surface area (Å²) in [5.74, 6) is -0.0131. The van der Waals surface area contributed by atoms with Crippen LogP contribution < -0.4 is 4.90 Å². The fourth-order valence-corrected chi connectivity index (χ4v) is 3.27. The van der Waals surface area contributed by atoms with E-state index in [-0.39, 0.29) is 17.7 Å². The van der Waals surface area contributed by atoms with Gasteiger partial charge in [-0.05, 0) is 60.8 Å². The lowest BCUT2D eigenvalue weighted by molar-refractivity contribution is -0.148. The minimum absolute atomic E-state index is 0.0149. The highest BCUT2D eigenvalue weighted by Gasteiger charge is 2.26. The Labute approximate surface area is 133 Å². The van der Waals surface area contributed by atoms with E-state index in [9.17, 15) is 9.59 Å². The molecule has 0 bridgehead atoms. The van der Waals surface area contributed by atoms with Gasteiger partial charge in [0.05, 0.1) is 12.5 Å². The number of rotatable bonds is 4. The number of halogens is 1. The second-order valence-electron chi connectivity index (χ2n) is 5.23. The first-order chi connectivity index (χ1) is 10.0. The molecule has 0 unspecified atom stereocenters. The summed E-state index contributed by atoms with van der Waals surface area (Å²) in [4.78, 5) is 25.4. The molecule has 5 heteroatoms. The standard InChI is InChI=1S/C16H20BrNO3/c1-3-21-16(20)12-6-8-18(9-7-12)13-4-5-14(11(2)19)15(17)10-13/h4-5,10,12H,3,6-9H2,1-2H3. The molecule has 0 amide bonds. The summed E-state index contributed by atoms with van der Waals surface area (Å²) in [6.45, 7) is 5.49. The zero-order valence-corrected chi connectivity index (χ0v) is 14.0. The van der Waals surface area contributed by atoms with Gasteiger partial charge < -0.3 is 9.64 Å². The first-order valence-electron chi connectivity index (χ1n) is 7.25. The van der Waals surface area contributed by atoms with Crippen molar-refractivity contribution in [3.8, 4) is 0 Å². The van der Waals surface area contributed by atoms with E-state index in [0.717, 1.165) is 36.1 Å². The van der Waals surface area contributed by atoms with Crippen LogP contribution in [0.5, 0.6) is 0 Å². The minimum atomic E-state index is -0.0785. The summed E-state index contributed by atoms with van der Waals surface area (Å²) in [5, 5.41) is 0. The van der Waals surface area contributed by atoms with E-state index in [1.165, 1.54) is 0 Å². The third-order valence-corrected chi connectivity index (χ3v) is 4.47. The Morgan fingerprint density at radius 2 is 2.00 bits per heavy atom. The Morgan fingerprint density at radius 3 is 2.52 bits per heavy atom. The largest absolute Gasteiger partial charge is 0.466 e. The lowest BCUT2D eigenvalue weighted by atomic mass is 9.96. The predicted octanol–water partition coefficient (Wildman–Crippen LogP) is 3.43. The van der Waals surface area contributed by atoms with Gasteiger partial charge in [-0.3, -0.25) is 9.59 Å². The number of piperidine rings is 1. The second kappa shape index (κ2) is 7.07. The summed E-state index contributed by atoms with van der Waals surface area (Å²) in [7, 11) is 0. The quantitative estimate of drug-likeness (QED) is 0.614. The molecule has 0 N–H and O–H groups in total. The molecule has 1 aromatic rings. The normalized spacial score (nSPS) is 15.9. The average molecular weight is 354 g/mol. The topological polar surface area (TPSA) is 46.6 Å². The molecule has 1 aliphatic rings. The van der Waals surface area contributed by atoms with Gasteiger partial charge in [0.1, 0.15) is 0 Å². The highest BCUT2D eigenvalue weighted by atomic mass is 79.9. The number of esters is 1. The average Bonchev–Trinajstić information content (AvgIpc) is 2.47. The number of ketones is 1. The van der Waals surface area contributed by atoms with Gasteiger partial charge in [-0.2, -0.15) is 0 Å². The zero-order valence-electron chi connectivity index (χ0n) is 12.4. The number of carbonyl (C=O) groups is 2. The lowest BCUT2D eigenvalue weighted by Gasteiger charge is -2.32. The number of hydrogen-bond donors (Lipinski definition) is 0. The molecule has 1 aliphatic heterocycles. The molecular formula is C16H20BrNO3. The van der Waals surface area contributed by atoms with E-state index in [1.54, 1.807) is 6.92 Å². The molecule has 1 aromatic carbocycles.